The molecule has 0 aromatic heterocycles. The van der Waals surface area contributed by atoms with Crippen LogP contribution in [0, 0.1) is 11.6 Å². The van der Waals surface area contributed by atoms with Crippen LogP contribution < -0.4 is 5.32 Å². The third kappa shape index (κ3) is 5.08. The minimum Gasteiger partial charge on any atom is -0.389 e. The zero-order chi connectivity index (χ0) is 13.6. The van der Waals surface area contributed by atoms with E-state index in [0.29, 0.717) is 13.2 Å². The summed E-state index contributed by atoms with van der Waals surface area (Å²) in [5.74, 6) is -1.01. The molecule has 1 aromatic carbocycles. The molecule has 0 radical (unpaired) electrons. The Morgan fingerprint density at radius 2 is 2.11 bits per heavy atom. The van der Waals surface area contributed by atoms with Crippen molar-refractivity contribution in [2.75, 3.05) is 26.8 Å². The number of hydrogen-bond acceptors (Lipinski definition) is 3. The highest BCUT2D eigenvalue weighted by molar-refractivity contribution is 5.20. The van der Waals surface area contributed by atoms with Gasteiger partial charge < -0.3 is 15.2 Å². The standard InChI is InChI=1S/C13H19F2NO2/c1-13(17,9-16-5-6-18-2)8-10-7-11(14)3-4-12(10)15/h3-4,7,16-17H,5-6,8-9H2,1-2H3. The molecular formula is C13H19F2NO2. The highest BCUT2D eigenvalue weighted by atomic mass is 19.1. The second kappa shape index (κ2) is 6.78. The topological polar surface area (TPSA) is 41.5 Å². The molecule has 0 aliphatic heterocycles. The lowest BCUT2D eigenvalue weighted by atomic mass is 9.96. The van der Waals surface area contributed by atoms with E-state index in [1.165, 1.54) is 0 Å². The smallest absolute Gasteiger partial charge is 0.126 e. The lowest BCUT2D eigenvalue weighted by Crippen LogP contribution is -2.41. The molecule has 1 rings (SSSR count). The molecule has 0 amide bonds. The summed E-state index contributed by atoms with van der Waals surface area (Å²) in [6.45, 7) is 2.99. The normalized spacial score (nSPS) is 14.5. The number of benzene rings is 1. The first-order valence-electron chi connectivity index (χ1n) is 5.80. The molecule has 0 spiro atoms. The Labute approximate surface area is 106 Å². The van der Waals surface area contributed by atoms with Gasteiger partial charge in [-0.1, -0.05) is 0 Å². The Hall–Kier alpha value is -1.04. The maximum absolute atomic E-state index is 13.4. The number of rotatable bonds is 7. The van der Waals surface area contributed by atoms with E-state index in [0.717, 1.165) is 18.2 Å². The molecule has 0 heterocycles. The average molecular weight is 259 g/mol. The van der Waals surface area contributed by atoms with E-state index in [-0.39, 0.29) is 18.5 Å². The molecule has 5 heteroatoms. The van der Waals surface area contributed by atoms with Crippen molar-refractivity contribution >= 4 is 0 Å². The van der Waals surface area contributed by atoms with Gasteiger partial charge in [0.15, 0.2) is 0 Å². The van der Waals surface area contributed by atoms with Crippen molar-refractivity contribution in [1.29, 1.82) is 0 Å². The van der Waals surface area contributed by atoms with Crippen LogP contribution in [0.5, 0.6) is 0 Å². The molecule has 0 aliphatic rings. The van der Waals surface area contributed by atoms with E-state index in [2.05, 4.69) is 5.32 Å². The monoisotopic (exact) mass is 259 g/mol. The number of aliphatic hydroxyl groups is 1. The molecule has 102 valence electrons. The predicted octanol–water partition coefficient (Wildman–Crippen LogP) is 1.49. The first kappa shape index (κ1) is 15.0. The van der Waals surface area contributed by atoms with Crippen LogP contribution in [-0.4, -0.2) is 37.5 Å². The van der Waals surface area contributed by atoms with Crippen LogP contribution in [0.3, 0.4) is 0 Å². The maximum atomic E-state index is 13.4. The summed E-state index contributed by atoms with van der Waals surface area (Å²) in [4.78, 5) is 0. The van der Waals surface area contributed by atoms with E-state index in [1.807, 2.05) is 0 Å². The van der Waals surface area contributed by atoms with Crippen molar-refractivity contribution in [2.24, 2.45) is 0 Å². The van der Waals surface area contributed by atoms with Crippen molar-refractivity contribution in [3.63, 3.8) is 0 Å². The van der Waals surface area contributed by atoms with Gasteiger partial charge in [0.1, 0.15) is 11.6 Å². The summed E-state index contributed by atoms with van der Waals surface area (Å²) in [5.41, 5.74) is -0.962. The van der Waals surface area contributed by atoms with Gasteiger partial charge in [0.2, 0.25) is 0 Å². The van der Waals surface area contributed by atoms with E-state index >= 15 is 0 Å². The van der Waals surface area contributed by atoms with E-state index in [9.17, 15) is 13.9 Å². The number of halogens is 2. The lowest BCUT2D eigenvalue weighted by molar-refractivity contribution is 0.0572. The van der Waals surface area contributed by atoms with Crippen molar-refractivity contribution in [3.8, 4) is 0 Å². The molecule has 0 fully saturated rings. The van der Waals surface area contributed by atoms with E-state index in [1.54, 1.807) is 14.0 Å². The zero-order valence-electron chi connectivity index (χ0n) is 10.7. The fourth-order valence-electron chi connectivity index (χ4n) is 1.68. The zero-order valence-corrected chi connectivity index (χ0v) is 10.7. The molecule has 0 aliphatic carbocycles. The van der Waals surface area contributed by atoms with Crippen LogP contribution in [-0.2, 0) is 11.2 Å². The van der Waals surface area contributed by atoms with Crippen LogP contribution in [0.25, 0.3) is 0 Å². The lowest BCUT2D eigenvalue weighted by Gasteiger charge is -2.24. The Morgan fingerprint density at radius 1 is 1.39 bits per heavy atom. The minimum absolute atomic E-state index is 0.0522. The average Bonchev–Trinajstić information content (AvgIpc) is 2.29. The van der Waals surface area contributed by atoms with Gasteiger partial charge in [0.05, 0.1) is 12.2 Å². The fourth-order valence-corrected chi connectivity index (χ4v) is 1.68. The van der Waals surface area contributed by atoms with Crippen LogP contribution >= 0.6 is 0 Å². The quantitative estimate of drug-likeness (QED) is 0.729. The van der Waals surface area contributed by atoms with Crippen molar-refractivity contribution in [2.45, 2.75) is 18.9 Å². The fraction of sp³-hybridized carbons (Fsp3) is 0.538. The largest absolute Gasteiger partial charge is 0.389 e. The highest BCUT2D eigenvalue weighted by Gasteiger charge is 2.22. The molecule has 1 unspecified atom stereocenters. The van der Waals surface area contributed by atoms with Gasteiger partial charge in [-0.25, -0.2) is 8.78 Å². The molecule has 18 heavy (non-hydrogen) atoms. The highest BCUT2D eigenvalue weighted by Crippen LogP contribution is 2.17. The number of ether oxygens (including phenoxy) is 1. The van der Waals surface area contributed by atoms with Gasteiger partial charge in [-0.15, -0.1) is 0 Å². The third-order valence-corrected chi connectivity index (χ3v) is 2.57. The molecule has 1 atom stereocenters. The second-order valence-electron chi connectivity index (χ2n) is 4.58. The van der Waals surface area contributed by atoms with Crippen LogP contribution in [0.15, 0.2) is 18.2 Å². The molecule has 1 aromatic rings. The molecule has 3 nitrogen and oxygen atoms in total. The van der Waals surface area contributed by atoms with E-state index < -0.39 is 17.2 Å². The molecule has 0 saturated carbocycles. The Balaban J connectivity index is 2.55. The summed E-state index contributed by atoms with van der Waals surface area (Å²) < 4.78 is 31.3. The summed E-state index contributed by atoms with van der Waals surface area (Å²) in [5, 5.41) is 13.1. The summed E-state index contributed by atoms with van der Waals surface area (Å²) in [7, 11) is 1.59. The van der Waals surface area contributed by atoms with Gasteiger partial charge >= 0.3 is 0 Å². The molecule has 0 bridgehead atoms. The van der Waals surface area contributed by atoms with Crippen LogP contribution in [0.2, 0.25) is 0 Å². The van der Waals surface area contributed by atoms with Crippen molar-refractivity contribution < 1.29 is 18.6 Å². The molecule has 2 N–H and O–H groups in total. The molecular weight excluding hydrogens is 240 g/mol. The third-order valence-electron chi connectivity index (χ3n) is 2.57. The summed E-state index contributed by atoms with van der Waals surface area (Å²) in [6.07, 6.45) is 0.0522. The SMILES string of the molecule is COCCNCC(C)(O)Cc1cc(F)ccc1F. The summed E-state index contributed by atoms with van der Waals surface area (Å²) >= 11 is 0. The predicted molar refractivity (Wildman–Crippen MR) is 65.4 cm³/mol. The summed E-state index contributed by atoms with van der Waals surface area (Å²) in [6, 6.07) is 3.24. The van der Waals surface area contributed by atoms with Gasteiger partial charge in [0, 0.05) is 26.6 Å². The van der Waals surface area contributed by atoms with Gasteiger partial charge in [-0.2, -0.15) is 0 Å². The second-order valence-corrected chi connectivity index (χ2v) is 4.58. The van der Waals surface area contributed by atoms with Crippen molar-refractivity contribution in [3.05, 3.63) is 35.4 Å². The number of methoxy groups -OCH3 is 1. The minimum atomic E-state index is -1.14. The van der Waals surface area contributed by atoms with Crippen LogP contribution in [0.4, 0.5) is 8.78 Å². The maximum Gasteiger partial charge on any atom is 0.126 e. The Bertz CT molecular complexity index is 383. The van der Waals surface area contributed by atoms with Gasteiger partial charge in [0.25, 0.3) is 0 Å². The van der Waals surface area contributed by atoms with Crippen molar-refractivity contribution in [1.82, 2.24) is 5.32 Å². The van der Waals surface area contributed by atoms with Gasteiger partial charge in [-0.3, -0.25) is 0 Å². The number of nitrogens with one attached hydrogen (secondary N) is 1. The first-order valence-corrected chi connectivity index (χ1v) is 5.80. The first-order chi connectivity index (χ1) is 8.44. The van der Waals surface area contributed by atoms with Crippen LogP contribution in [0.1, 0.15) is 12.5 Å². The Morgan fingerprint density at radius 3 is 2.78 bits per heavy atom. The van der Waals surface area contributed by atoms with E-state index in [4.69, 9.17) is 4.74 Å². The molecule has 0 saturated heterocycles. The van der Waals surface area contributed by atoms with Gasteiger partial charge in [-0.05, 0) is 30.7 Å². The Kier molecular flexibility index (Phi) is 5.65. The number of hydrogen-bond donors (Lipinski definition) is 2.